The van der Waals surface area contributed by atoms with Crippen LogP contribution in [0.1, 0.15) is 11.4 Å². The Hall–Kier alpha value is -2.48. The van der Waals surface area contributed by atoms with Crippen LogP contribution in [-0.2, 0) is 17.8 Å². The maximum atomic E-state index is 6.16. The summed E-state index contributed by atoms with van der Waals surface area (Å²) in [4.78, 5) is 0.773. The summed E-state index contributed by atoms with van der Waals surface area (Å²) in [7, 11) is 1.67. The Labute approximate surface area is 165 Å². The molecule has 0 spiro atoms. The van der Waals surface area contributed by atoms with E-state index in [1.165, 1.54) is 11.3 Å². The minimum Gasteiger partial charge on any atom is -0.489 e. The number of benzene rings is 2. The fourth-order valence-corrected chi connectivity index (χ4v) is 3.65. The van der Waals surface area contributed by atoms with Crippen molar-refractivity contribution in [3.63, 3.8) is 0 Å². The van der Waals surface area contributed by atoms with Gasteiger partial charge in [-0.1, -0.05) is 41.1 Å². The average Bonchev–Trinajstić information content (AvgIpc) is 3.27. The number of nitrogens with zero attached hydrogens (tertiary/aromatic N) is 4. The molecule has 0 unspecified atom stereocenters. The fourth-order valence-electron chi connectivity index (χ4n) is 2.59. The summed E-state index contributed by atoms with van der Waals surface area (Å²) in [6.07, 6.45) is 0.676. The van der Waals surface area contributed by atoms with Gasteiger partial charge in [-0.05, 0) is 30.3 Å². The Balaban J connectivity index is 1.48. The zero-order valence-electron chi connectivity index (χ0n) is 14.6. The molecule has 2 heterocycles. The maximum absolute atomic E-state index is 6.16. The molecule has 27 heavy (non-hydrogen) atoms. The number of fused-ring (bicyclic) bond motifs is 1. The molecule has 8 heteroatoms. The normalized spacial score (nSPS) is 11.2. The van der Waals surface area contributed by atoms with Crippen LogP contribution in [0, 0.1) is 0 Å². The minimum atomic E-state index is 0.429. The first-order chi connectivity index (χ1) is 13.2. The van der Waals surface area contributed by atoms with Crippen molar-refractivity contribution in [2.24, 2.45) is 0 Å². The zero-order valence-corrected chi connectivity index (χ0v) is 16.2. The van der Waals surface area contributed by atoms with Crippen LogP contribution in [0.15, 0.2) is 48.5 Å². The van der Waals surface area contributed by atoms with Crippen LogP contribution in [-0.4, -0.2) is 33.5 Å². The highest BCUT2D eigenvalue weighted by Crippen LogP contribution is 2.27. The van der Waals surface area contributed by atoms with E-state index in [1.54, 1.807) is 11.6 Å². The van der Waals surface area contributed by atoms with Crippen LogP contribution in [0.2, 0.25) is 5.02 Å². The monoisotopic (exact) mass is 400 g/mol. The molecule has 138 valence electrons. The lowest BCUT2D eigenvalue weighted by Crippen LogP contribution is -2.01. The van der Waals surface area contributed by atoms with Crippen molar-refractivity contribution in [3.05, 3.63) is 64.9 Å². The van der Waals surface area contributed by atoms with Gasteiger partial charge in [-0.2, -0.15) is 9.61 Å². The summed E-state index contributed by atoms with van der Waals surface area (Å²) < 4.78 is 12.7. The van der Waals surface area contributed by atoms with Crippen molar-refractivity contribution < 1.29 is 9.47 Å². The second-order valence-electron chi connectivity index (χ2n) is 5.87. The van der Waals surface area contributed by atoms with Gasteiger partial charge < -0.3 is 9.47 Å². The predicted molar refractivity (Wildman–Crippen MR) is 105 cm³/mol. The maximum Gasteiger partial charge on any atom is 0.234 e. The third kappa shape index (κ3) is 3.95. The van der Waals surface area contributed by atoms with Crippen LogP contribution in [0.25, 0.3) is 15.5 Å². The van der Waals surface area contributed by atoms with Crippen LogP contribution in [0.4, 0.5) is 0 Å². The van der Waals surface area contributed by atoms with E-state index < -0.39 is 0 Å². The van der Waals surface area contributed by atoms with Crippen molar-refractivity contribution in [1.82, 2.24) is 19.8 Å². The molecule has 0 saturated heterocycles. The molecule has 2 aromatic carbocycles. The standard InChI is InChI=1S/C19H17ClN4O2S/c1-25-11-10-17-21-22-19-24(17)23-18(27-19)13-6-8-15(9-7-13)26-12-14-4-2-3-5-16(14)20/h2-9H,10-12H2,1H3. The quantitative estimate of drug-likeness (QED) is 0.463. The number of methoxy groups -OCH3 is 1. The van der Waals surface area contributed by atoms with E-state index in [-0.39, 0.29) is 0 Å². The largest absolute Gasteiger partial charge is 0.489 e. The van der Waals surface area contributed by atoms with Gasteiger partial charge in [0, 0.05) is 29.7 Å². The Morgan fingerprint density at radius 2 is 1.89 bits per heavy atom. The first-order valence-corrected chi connectivity index (χ1v) is 9.61. The lowest BCUT2D eigenvalue weighted by Gasteiger charge is -2.08. The zero-order chi connectivity index (χ0) is 18.6. The van der Waals surface area contributed by atoms with Gasteiger partial charge in [0.05, 0.1) is 6.61 Å². The van der Waals surface area contributed by atoms with Crippen molar-refractivity contribution >= 4 is 27.9 Å². The van der Waals surface area contributed by atoms with E-state index in [0.717, 1.165) is 32.7 Å². The highest BCUT2D eigenvalue weighted by molar-refractivity contribution is 7.19. The van der Waals surface area contributed by atoms with Gasteiger partial charge in [-0.15, -0.1) is 10.2 Å². The molecule has 0 amide bonds. The molecule has 0 atom stereocenters. The van der Waals surface area contributed by atoms with E-state index in [4.69, 9.17) is 21.1 Å². The number of rotatable bonds is 7. The summed E-state index contributed by atoms with van der Waals surface area (Å²) in [6, 6.07) is 15.5. The highest BCUT2D eigenvalue weighted by atomic mass is 35.5. The molecule has 0 aliphatic heterocycles. The Bertz CT molecular complexity index is 1050. The predicted octanol–water partition coefficient (Wildman–Crippen LogP) is 4.27. The van der Waals surface area contributed by atoms with Crippen LogP contribution < -0.4 is 4.74 Å². The fraction of sp³-hybridized carbons (Fsp3) is 0.211. The molecular weight excluding hydrogens is 384 g/mol. The van der Waals surface area contributed by atoms with Gasteiger partial charge >= 0.3 is 0 Å². The number of hydrogen-bond donors (Lipinski definition) is 0. The Morgan fingerprint density at radius 1 is 1.07 bits per heavy atom. The van der Waals surface area contributed by atoms with Gasteiger partial charge in [0.25, 0.3) is 0 Å². The van der Waals surface area contributed by atoms with E-state index in [2.05, 4.69) is 15.3 Å². The van der Waals surface area contributed by atoms with Crippen LogP contribution in [0.5, 0.6) is 5.75 Å². The molecular formula is C19H17ClN4O2S. The Kier molecular flexibility index (Phi) is 5.33. The lowest BCUT2D eigenvalue weighted by atomic mass is 10.2. The van der Waals surface area contributed by atoms with Crippen LogP contribution in [0.3, 0.4) is 0 Å². The molecule has 4 rings (SSSR count). The third-order valence-corrected chi connectivity index (χ3v) is 5.36. The summed E-state index contributed by atoms with van der Waals surface area (Å²) in [5, 5.41) is 14.6. The number of halogens is 1. The molecule has 0 bridgehead atoms. The second-order valence-corrected chi connectivity index (χ2v) is 7.23. The lowest BCUT2D eigenvalue weighted by molar-refractivity contribution is 0.200. The summed E-state index contributed by atoms with van der Waals surface area (Å²) in [5.41, 5.74) is 1.97. The summed E-state index contributed by atoms with van der Waals surface area (Å²) in [5.74, 6) is 1.58. The molecule has 6 nitrogen and oxygen atoms in total. The molecule has 0 radical (unpaired) electrons. The molecule has 2 aromatic heterocycles. The number of ether oxygens (including phenoxy) is 2. The summed E-state index contributed by atoms with van der Waals surface area (Å²) in [6.45, 7) is 1.02. The highest BCUT2D eigenvalue weighted by Gasteiger charge is 2.13. The van der Waals surface area contributed by atoms with Gasteiger partial charge in [0.1, 0.15) is 17.4 Å². The van der Waals surface area contributed by atoms with E-state index in [9.17, 15) is 0 Å². The minimum absolute atomic E-state index is 0.429. The molecule has 0 fully saturated rings. The van der Waals surface area contributed by atoms with Crippen molar-refractivity contribution in [2.45, 2.75) is 13.0 Å². The van der Waals surface area contributed by atoms with Gasteiger partial charge in [0.15, 0.2) is 5.82 Å². The third-order valence-electron chi connectivity index (χ3n) is 4.04. The number of aromatic nitrogens is 4. The van der Waals surface area contributed by atoms with Crippen molar-refractivity contribution in [1.29, 1.82) is 0 Å². The van der Waals surface area contributed by atoms with E-state index in [1.807, 2.05) is 48.5 Å². The SMILES string of the molecule is COCCc1nnc2sc(-c3ccc(OCc4ccccc4Cl)cc3)nn12. The Morgan fingerprint density at radius 3 is 2.67 bits per heavy atom. The molecule has 0 N–H and O–H groups in total. The van der Waals surface area contributed by atoms with Crippen LogP contribution >= 0.6 is 22.9 Å². The summed E-state index contributed by atoms with van der Waals surface area (Å²) >= 11 is 7.66. The topological polar surface area (TPSA) is 61.5 Å². The molecule has 0 aliphatic rings. The first-order valence-electron chi connectivity index (χ1n) is 8.41. The molecule has 4 aromatic rings. The van der Waals surface area contributed by atoms with Gasteiger partial charge in [-0.25, -0.2) is 0 Å². The first kappa shape index (κ1) is 17.9. The average molecular weight is 401 g/mol. The number of hydrogen-bond acceptors (Lipinski definition) is 6. The smallest absolute Gasteiger partial charge is 0.234 e. The molecule has 0 aliphatic carbocycles. The van der Waals surface area contributed by atoms with E-state index in [0.29, 0.717) is 24.7 Å². The van der Waals surface area contributed by atoms with Gasteiger partial charge in [-0.3, -0.25) is 0 Å². The van der Waals surface area contributed by atoms with Crippen molar-refractivity contribution in [3.8, 4) is 16.3 Å². The van der Waals surface area contributed by atoms with E-state index >= 15 is 0 Å². The van der Waals surface area contributed by atoms with Crippen molar-refractivity contribution in [2.75, 3.05) is 13.7 Å². The van der Waals surface area contributed by atoms with Gasteiger partial charge in [0.2, 0.25) is 4.96 Å². The second kappa shape index (κ2) is 8.04. The molecule has 0 saturated carbocycles.